The molecule has 0 saturated carbocycles. The predicted octanol–water partition coefficient (Wildman–Crippen LogP) is 1.47. The summed E-state index contributed by atoms with van der Waals surface area (Å²) in [6, 6.07) is 8.48. The molecule has 0 aliphatic carbocycles. The predicted molar refractivity (Wildman–Crippen MR) is 71.0 cm³/mol. The third-order valence-electron chi connectivity index (χ3n) is 2.76. The molecule has 0 unspecified atom stereocenters. The van der Waals surface area contributed by atoms with Gasteiger partial charge < -0.3 is 10.4 Å². The Bertz CT molecular complexity index is 493. The maximum absolute atomic E-state index is 8.80. The summed E-state index contributed by atoms with van der Waals surface area (Å²) in [5.41, 5.74) is 3.71. The number of aliphatic hydroxyl groups excluding tert-OH is 1. The molecule has 0 fully saturated rings. The van der Waals surface area contributed by atoms with E-state index >= 15 is 0 Å². The number of rotatable bonds is 6. The van der Waals surface area contributed by atoms with E-state index in [0.29, 0.717) is 6.54 Å². The second-order valence-electron chi connectivity index (χ2n) is 4.43. The summed E-state index contributed by atoms with van der Waals surface area (Å²) in [6.45, 7) is 4.42. The van der Waals surface area contributed by atoms with Crippen molar-refractivity contribution in [3.8, 4) is 0 Å². The molecule has 96 valence electrons. The first kappa shape index (κ1) is 12.8. The molecule has 0 amide bonds. The molecule has 2 aromatic rings. The molecule has 0 radical (unpaired) electrons. The minimum atomic E-state index is 0.123. The summed E-state index contributed by atoms with van der Waals surface area (Å²) in [5, 5.41) is 16.4. The lowest BCUT2D eigenvalue weighted by Gasteiger charge is -2.04. The fraction of sp³-hybridized carbons (Fsp3) is 0.357. The van der Waals surface area contributed by atoms with E-state index in [9.17, 15) is 0 Å². The first-order chi connectivity index (χ1) is 8.78. The summed E-state index contributed by atoms with van der Waals surface area (Å²) in [4.78, 5) is 0. The van der Waals surface area contributed by atoms with Crippen molar-refractivity contribution in [2.24, 2.45) is 0 Å². The molecule has 0 atom stereocenters. The van der Waals surface area contributed by atoms with Gasteiger partial charge in [-0.1, -0.05) is 29.8 Å². The first-order valence-electron chi connectivity index (χ1n) is 6.16. The average Bonchev–Trinajstić information content (AvgIpc) is 2.78. The van der Waals surface area contributed by atoms with Crippen LogP contribution in [0.15, 0.2) is 36.7 Å². The summed E-state index contributed by atoms with van der Waals surface area (Å²) in [7, 11) is 0. The maximum atomic E-state index is 8.80. The van der Waals surface area contributed by atoms with Gasteiger partial charge in [0.25, 0.3) is 0 Å². The van der Waals surface area contributed by atoms with Crippen molar-refractivity contribution in [1.29, 1.82) is 0 Å². The highest BCUT2D eigenvalue weighted by atomic mass is 16.3. The van der Waals surface area contributed by atoms with Crippen LogP contribution in [-0.4, -0.2) is 21.5 Å². The number of hydrogen-bond donors (Lipinski definition) is 2. The molecule has 1 aromatic carbocycles. The monoisotopic (exact) mass is 245 g/mol. The smallest absolute Gasteiger partial charge is 0.0640 e. The Kier molecular flexibility index (Phi) is 4.50. The Labute approximate surface area is 107 Å². The van der Waals surface area contributed by atoms with E-state index in [0.717, 1.165) is 18.7 Å². The minimum Gasteiger partial charge on any atom is -0.394 e. The summed E-state index contributed by atoms with van der Waals surface area (Å²) < 4.78 is 1.75. The Morgan fingerprint density at radius 3 is 2.89 bits per heavy atom. The lowest BCUT2D eigenvalue weighted by atomic mass is 10.1. The van der Waals surface area contributed by atoms with Gasteiger partial charge in [-0.05, 0) is 12.5 Å². The lowest BCUT2D eigenvalue weighted by Crippen LogP contribution is -2.12. The number of hydrogen-bond acceptors (Lipinski definition) is 3. The fourth-order valence-corrected chi connectivity index (χ4v) is 1.90. The number of aliphatic hydroxyl groups is 1. The van der Waals surface area contributed by atoms with Crippen molar-refractivity contribution in [2.75, 3.05) is 6.61 Å². The molecule has 0 spiro atoms. The van der Waals surface area contributed by atoms with Crippen LogP contribution in [0.1, 0.15) is 16.7 Å². The molecule has 0 bridgehead atoms. The highest BCUT2D eigenvalue weighted by molar-refractivity contribution is 5.22. The van der Waals surface area contributed by atoms with E-state index in [1.807, 2.05) is 12.4 Å². The van der Waals surface area contributed by atoms with Gasteiger partial charge in [-0.25, -0.2) is 0 Å². The number of aryl methyl sites for hydroxylation is 1. The van der Waals surface area contributed by atoms with Crippen molar-refractivity contribution in [3.63, 3.8) is 0 Å². The van der Waals surface area contributed by atoms with Gasteiger partial charge in [0.1, 0.15) is 0 Å². The van der Waals surface area contributed by atoms with E-state index in [1.165, 1.54) is 11.1 Å². The van der Waals surface area contributed by atoms with E-state index in [4.69, 9.17) is 5.11 Å². The van der Waals surface area contributed by atoms with Crippen LogP contribution in [0.2, 0.25) is 0 Å². The topological polar surface area (TPSA) is 50.1 Å². The van der Waals surface area contributed by atoms with Gasteiger partial charge >= 0.3 is 0 Å². The van der Waals surface area contributed by atoms with Crippen LogP contribution in [0.4, 0.5) is 0 Å². The fourth-order valence-electron chi connectivity index (χ4n) is 1.90. The quantitative estimate of drug-likeness (QED) is 0.810. The molecule has 0 saturated heterocycles. The molecule has 0 aliphatic heterocycles. The number of benzene rings is 1. The van der Waals surface area contributed by atoms with Crippen LogP contribution in [0.5, 0.6) is 0 Å². The van der Waals surface area contributed by atoms with Crippen LogP contribution in [0, 0.1) is 6.92 Å². The zero-order chi connectivity index (χ0) is 12.8. The number of nitrogens with zero attached hydrogens (tertiary/aromatic N) is 2. The van der Waals surface area contributed by atoms with Gasteiger partial charge in [0, 0.05) is 24.8 Å². The van der Waals surface area contributed by atoms with Crippen molar-refractivity contribution < 1.29 is 5.11 Å². The Morgan fingerprint density at radius 2 is 2.11 bits per heavy atom. The van der Waals surface area contributed by atoms with E-state index in [-0.39, 0.29) is 6.61 Å². The standard InChI is InChI=1S/C14H19N3O/c1-12-3-2-4-13(7-12)8-15-9-14-10-16-17(11-14)5-6-18/h2-4,7,10-11,15,18H,5-6,8-9H2,1H3. The molecule has 18 heavy (non-hydrogen) atoms. The van der Waals surface area contributed by atoms with Crippen molar-refractivity contribution in [2.45, 2.75) is 26.6 Å². The average molecular weight is 245 g/mol. The highest BCUT2D eigenvalue weighted by Crippen LogP contribution is 2.04. The third kappa shape index (κ3) is 3.68. The van der Waals surface area contributed by atoms with Crippen LogP contribution in [0.25, 0.3) is 0 Å². The third-order valence-corrected chi connectivity index (χ3v) is 2.76. The normalized spacial score (nSPS) is 10.8. The lowest BCUT2D eigenvalue weighted by molar-refractivity contribution is 0.269. The van der Waals surface area contributed by atoms with Crippen LogP contribution in [-0.2, 0) is 19.6 Å². The molecule has 4 nitrogen and oxygen atoms in total. The van der Waals surface area contributed by atoms with Gasteiger partial charge in [0.2, 0.25) is 0 Å². The summed E-state index contributed by atoms with van der Waals surface area (Å²) >= 11 is 0. The Morgan fingerprint density at radius 1 is 1.28 bits per heavy atom. The molecule has 2 N–H and O–H groups in total. The van der Waals surface area contributed by atoms with Gasteiger partial charge in [-0.15, -0.1) is 0 Å². The molecule has 4 heteroatoms. The Balaban J connectivity index is 1.81. The van der Waals surface area contributed by atoms with Crippen LogP contribution in [0.3, 0.4) is 0 Å². The largest absolute Gasteiger partial charge is 0.394 e. The molecule has 1 aromatic heterocycles. The van der Waals surface area contributed by atoms with Crippen molar-refractivity contribution in [3.05, 3.63) is 53.3 Å². The summed E-state index contributed by atoms with van der Waals surface area (Å²) in [6.07, 6.45) is 3.79. The van der Waals surface area contributed by atoms with Gasteiger partial charge in [-0.2, -0.15) is 5.10 Å². The van der Waals surface area contributed by atoms with E-state index in [1.54, 1.807) is 4.68 Å². The first-order valence-corrected chi connectivity index (χ1v) is 6.16. The SMILES string of the molecule is Cc1cccc(CNCc2cnn(CCO)c2)c1. The second kappa shape index (κ2) is 6.33. The van der Waals surface area contributed by atoms with Crippen LogP contribution < -0.4 is 5.32 Å². The van der Waals surface area contributed by atoms with Crippen LogP contribution >= 0.6 is 0 Å². The number of aromatic nitrogens is 2. The zero-order valence-corrected chi connectivity index (χ0v) is 10.6. The molecular formula is C14H19N3O. The molecule has 0 aliphatic rings. The number of nitrogens with one attached hydrogen (secondary N) is 1. The second-order valence-corrected chi connectivity index (χ2v) is 4.43. The molecular weight excluding hydrogens is 226 g/mol. The Hall–Kier alpha value is -1.65. The van der Waals surface area contributed by atoms with E-state index in [2.05, 4.69) is 41.6 Å². The zero-order valence-electron chi connectivity index (χ0n) is 10.6. The van der Waals surface area contributed by atoms with Crippen molar-refractivity contribution >= 4 is 0 Å². The maximum Gasteiger partial charge on any atom is 0.0640 e. The van der Waals surface area contributed by atoms with Gasteiger partial charge in [0.15, 0.2) is 0 Å². The van der Waals surface area contributed by atoms with Gasteiger partial charge in [-0.3, -0.25) is 4.68 Å². The minimum absolute atomic E-state index is 0.123. The van der Waals surface area contributed by atoms with E-state index < -0.39 is 0 Å². The van der Waals surface area contributed by atoms with Gasteiger partial charge in [0.05, 0.1) is 19.3 Å². The highest BCUT2D eigenvalue weighted by Gasteiger charge is 1.98. The summed E-state index contributed by atoms with van der Waals surface area (Å²) in [5.74, 6) is 0. The molecule has 2 rings (SSSR count). The van der Waals surface area contributed by atoms with Crippen molar-refractivity contribution in [1.82, 2.24) is 15.1 Å². The molecule has 1 heterocycles.